The Kier molecular flexibility index (Phi) is 8.01. The van der Waals surface area contributed by atoms with Crippen molar-refractivity contribution in [2.45, 2.75) is 63.3 Å². The molecular formula is C27H35NO5S2. The number of ether oxygens (including phenoxy) is 2. The number of aryl methyl sites for hydroxylation is 1. The summed E-state index contributed by atoms with van der Waals surface area (Å²) in [5, 5.41) is 0. The summed E-state index contributed by atoms with van der Waals surface area (Å²) in [6.45, 7) is 4.66. The summed E-state index contributed by atoms with van der Waals surface area (Å²) in [5.74, 6) is 1.06. The molecule has 0 bridgehead atoms. The maximum Gasteiger partial charge on any atom is 0.341 e. The number of methoxy groups -OCH3 is 1. The lowest BCUT2D eigenvalue weighted by Gasteiger charge is -2.39. The third-order valence-corrected chi connectivity index (χ3v) is 9.66. The van der Waals surface area contributed by atoms with E-state index in [4.69, 9.17) is 9.47 Å². The molecule has 1 aliphatic heterocycles. The van der Waals surface area contributed by atoms with Crippen LogP contribution in [0.5, 0.6) is 5.75 Å². The molecule has 1 unspecified atom stereocenters. The van der Waals surface area contributed by atoms with Gasteiger partial charge in [-0.05, 0) is 104 Å². The van der Waals surface area contributed by atoms with Crippen LogP contribution in [0.3, 0.4) is 0 Å². The second kappa shape index (κ2) is 10.8. The first kappa shape index (κ1) is 25.9. The van der Waals surface area contributed by atoms with E-state index < -0.39 is 16.0 Å². The molecule has 0 amide bonds. The van der Waals surface area contributed by atoms with Crippen molar-refractivity contribution < 1.29 is 22.7 Å². The standard InChI is InChI=1S/C27H35NO5S2/c1-5-19-9-12-25-22(18(19)2)11-13-24(20-7-8-20)28(25)35(30,31)21-10-14-26(33-15-6-16-34-4)23(17-21)27(29)32-3/h9-10,12,14,17,20,24H,5-8,11,13,15-16H2,1-4H3. The van der Waals surface area contributed by atoms with Crippen molar-refractivity contribution in [1.82, 2.24) is 0 Å². The van der Waals surface area contributed by atoms with Gasteiger partial charge in [0, 0.05) is 6.04 Å². The summed E-state index contributed by atoms with van der Waals surface area (Å²) in [7, 11) is -2.62. The number of benzene rings is 2. The lowest BCUT2D eigenvalue weighted by atomic mass is 9.89. The maximum atomic E-state index is 14.2. The third kappa shape index (κ3) is 5.19. The van der Waals surface area contributed by atoms with E-state index >= 15 is 0 Å². The molecule has 0 saturated heterocycles. The summed E-state index contributed by atoms with van der Waals surface area (Å²) in [5.41, 5.74) is 4.47. The van der Waals surface area contributed by atoms with Gasteiger partial charge in [0.15, 0.2) is 0 Å². The van der Waals surface area contributed by atoms with Gasteiger partial charge in [-0.15, -0.1) is 0 Å². The fourth-order valence-corrected chi connectivity index (χ4v) is 7.27. The van der Waals surface area contributed by atoms with Crippen molar-refractivity contribution in [2.75, 3.05) is 30.0 Å². The van der Waals surface area contributed by atoms with Crippen molar-refractivity contribution in [3.8, 4) is 5.75 Å². The van der Waals surface area contributed by atoms with Crippen molar-refractivity contribution in [3.05, 3.63) is 52.6 Å². The third-order valence-electron chi connectivity index (χ3n) is 7.13. The van der Waals surface area contributed by atoms with Gasteiger partial charge in [0.25, 0.3) is 10.0 Å². The van der Waals surface area contributed by atoms with Gasteiger partial charge in [0.2, 0.25) is 0 Å². The zero-order valence-electron chi connectivity index (χ0n) is 21.0. The van der Waals surface area contributed by atoms with Crippen LogP contribution in [0.25, 0.3) is 0 Å². The zero-order chi connectivity index (χ0) is 25.2. The van der Waals surface area contributed by atoms with Crippen molar-refractivity contribution in [2.24, 2.45) is 5.92 Å². The maximum absolute atomic E-state index is 14.2. The second-order valence-corrected chi connectivity index (χ2v) is 12.1. The molecule has 1 aliphatic carbocycles. The lowest BCUT2D eigenvalue weighted by molar-refractivity contribution is 0.0595. The number of hydrogen-bond donors (Lipinski definition) is 0. The SMILES string of the molecule is CCc1ccc2c(c1C)CCC(C1CC1)N2S(=O)(=O)c1ccc(OCCCSC)c(C(=O)OC)c1. The first-order chi connectivity index (χ1) is 16.8. The van der Waals surface area contributed by atoms with Crippen molar-refractivity contribution in [3.63, 3.8) is 0 Å². The molecular weight excluding hydrogens is 482 g/mol. The number of anilines is 1. The van der Waals surface area contributed by atoms with E-state index in [1.807, 2.05) is 12.3 Å². The number of hydrogen-bond acceptors (Lipinski definition) is 6. The van der Waals surface area contributed by atoms with Gasteiger partial charge in [-0.2, -0.15) is 11.8 Å². The molecule has 2 aliphatic rings. The minimum absolute atomic E-state index is 0.0663. The topological polar surface area (TPSA) is 72.9 Å². The van der Waals surface area contributed by atoms with Gasteiger partial charge >= 0.3 is 5.97 Å². The number of carbonyl (C=O) groups excluding carboxylic acids is 1. The number of rotatable bonds is 10. The van der Waals surface area contributed by atoms with Crippen LogP contribution in [-0.2, 0) is 27.6 Å². The van der Waals surface area contributed by atoms with Crippen LogP contribution in [0.1, 0.15) is 59.7 Å². The quantitative estimate of drug-likeness (QED) is 0.311. The minimum Gasteiger partial charge on any atom is -0.493 e. The molecule has 1 fully saturated rings. The number of esters is 1. The molecule has 8 heteroatoms. The average molecular weight is 518 g/mol. The highest BCUT2D eigenvalue weighted by Crippen LogP contribution is 2.46. The molecule has 0 spiro atoms. The predicted molar refractivity (Wildman–Crippen MR) is 141 cm³/mol. The highest BCUT2D eigenvalue weighted by Gasteiger charge is 2.44. The fraction of sp³-hybridized carbons (Fsp3) is 0.519. The van der Waals surface area contributed by atoms with Gasteiger partial charge in [0.05, 0.1) is 24.3 Å². The molecule has 0 aromatic heterocycles. The lowest BCUT2D eigenvalue weighted by Crippen LogP contribution is -2.45. The minimum atomic E-state index is -3.91. The summed E-state index contributed by atoms with van der Waals surface area (Å²) in [4.78, 5) is 12.6. The number of thioether (sulfide) groups is 1. The van der Waals surface area contributed by atoms with E-state index in [9.17, 15) is 13.2 Å². The van der Waals surface area contributed by atoms with E-state index in [1.165, 1.54) is 24.3 Å². The van der Waals surface area contributed by atoms with Crippen LogP contribution in [-0.4, -0.2) is 46.2 Å². The number of carbonyl (C=O) groups is 1. The Bertz CT molecular complexity index is 1190. The normalized spacial score (nSPS) is 17.7. The number of nitrogens with zero attached hydrogens (tertiary/aromatic N) is 1. The predicted octanol–water partition coefficient (Wildman–Crippen LogP) is 5.40. The number of fused-ring (bicyclic) bond motifs is 1. The summed E-state index contributed by atoms with van der Waals surface area (Å²) < 4.78 is 40.7. The Morgan fingerprint density at radius 1 is 1.17 bits per heavy atom. The Balaban J connectivity index is 1.76. The molecule has 1 saturated carbocycles. The molecule has 4 rings (SSSR count). The molecule has 35 heavy (non-hydrogen) atoms. The van der Waals surface area contributed by atoms with Gasteiger partial charge in [-0.3, -0.25) is 4.31 Å². The smallest absolute Gasteiger partial charge is 0.341 e. The van der Waals surface area contributed by atoms with E-state index in [0.717, 1.165) is 55.5 Å². The average Bonchev–Trinajstić information content (AvgIpc) is 3.71. The van der Waals surface area contributed by atoms with Crippen LogP contribution in [0, 0.1) is 12.8 Å². The first-order valence-electron chi connectivity index (χ1n) is 12.3. The van der Waals surface area contributed by atoms with Gasteiger partial charge in [-0.1, -0.05) is 13.0 Å². The van der Waals surface area contributed by atoms with Crippen LogP contribution in [0.2, 0.25) is 0 Å². The van der Waals surface area contributed by atoms with E-state index in [-0.39, 0.29) is 16.5 Å². The fourth-order valence-electron chi connectivity index (χ4n) is 5.06. The molecule has 2 aromatic carbocycles. The first-order valence-corrected chi connectivity index (χ1v) is 15.2. The Hall–Kier alpha value is -2.19. The molecule has 6 nitrogen and oxygen atoms in total. The van der Waals surface area contributed by atoms with E-state index in [0.29, 0.717) is 18.3 Å². The van der Waals surface area contributed by atoms with Gasteiger partial charge in [0.1, 0.15) is 11.3 Å². The second-order valence-electron chi connectivity index (χ2n) is 9.29. The van der Waals surface area contributed by atoms with E-state index in [1.54, 1.807) is 28.2 Å². The summed E-state index contributed by atoms with van der Waals surface area (Å²) in [6.07, 6.45) is 7.57. The summed E-state index contributed by atoms with van der Waals surface area (Å²) >= 11 is 1.72. The monoisotopic (exact) mass is 517 g/mol. The summed E-state index contributed by atoms with van der Waals surface area (Å²) in [6, 6.07) is 8.51. The highest BCUT2D eigenvalue weighted by atomic mass is 32.2. The van der Waals surface area contributed by atoms with E-state index in [2.05, 4.69) is 19.9 Å². The molecule has 190 valence electrons. The molecule has 1 atom stereocenters. The Labute approximate surface area is 213 Å². The molecule has 2 aromatic rings. The zero-order valence-corrected chi connectivity index (χ0v) is 22.6. The Morgan fingerprint density at radius 2 is 1.94 bits per heavy atom. The van der Waals surface area contributed by atoms with Gasteiger partial charge in [-0.25, -0.2) is 13.2 Å². The molecule has 1 heterocycles. The van der Waals surface area contributed by atoms with Crippen LogP contribution in [0.15, 0.2) is 35.2 Å². The van der Waals surface area contributed by atoms with Crippen LogP contribution >= 0.6 is 11.8 Å². The largest absolute Gasteiger partial charge is 0.493 e. The highest BCUT2D eigenvalue weighted by molar-refractivity contribution is 7.98. The van der Waals surface area contributed by atoms with Crippen LogP contribution < -0.4 is 9.04 Å². The molecule has 0 radical (unpaired) electrons. The number of sulfonamides is 1. The Morgan fingerprint density at radius 3 is 2.60 bits per heavy atom. The van der Waals surface area contributed by atoms with Crippen LogP contribution in [0.4, 0.5) is 5.69 Å². The molecule has 0 N–H and O–H groups in total. The van der Waals surface area contributed by atoms with Gasteiger partial charge < -0.3 is 9.47 Å². The van der Waals surface area contributed by atoms with Crippen molar-refractivity contribution in [1.29, 1.82) is 0 Å². The van der Waals surface area contributed by atoms with Crippen molar-refractivity contribution >= 4 is 33.4 Å².